The van der Waals surface area contributed by atoms with Gasteiger partial charge in [-0.3, -0.25) is 0 Å². The minimum absolute atomic E-state index is 0.00881. The van der Waals surface area contributed by atoms with Crippen LogP contribution in [0, 0.1) is 0 Å². The van der Waals surface area contributed by atoms with Crippen LogP contribution >= 0.6 is 15.9 Å². The number of rotatable bonds is 3. The van der Waals surface area contributed by atoms with Gasteiger partial charge in [0, 0.05) is 29.6 Å². The van der Waals surface area contributed by atoms with E-state index >= 15 is 0 Å². The monoisotopic (exact) mass is 347 g/mol. The van der Waals surface area contributed by atoms with Crippen molar-refractivity contribution in [3.05, 3.63) is 63.6 Å². The Morgan fingerprint density at radius 1 is 1.29 bits per heavy atom. The highest BCUT2D eigenvalue weighted by molar-refractivity contribution is 9.10. The van der Waals surface area contributed by atoms with Crippen LogP contribution in [0.3, 0.4) is 0 Å². The summed E-state index contributed by atoms with van der Waals surface area (Å²) in [5.41, 5.74) is 9.67. The van der Waals surface area contributed by atoms with E-state index in [0.29, 0.717) is 6.61 Å². The van der Waals surface area contributed by atoms with Crippen LogP contribution in [0.1, 0.15) is 35.3 Å². The van der Waals surface area contributed by atoms with Gasteiger partial charge in [0.05, 0.1) is 6.61 Å². The first kappa shape index (κ1) is 14.6. The number of hydrogen-bond donors (Lipinski definition) is 1. The van der Waals surface area contributed by atoms with Crippen LogP contribution in [0.5, 0.6) is 5.75 Å². The molecule has 4 heteroatoms. The van der Waals surface area contributed by atoms with Gasteiger partial charge in [0.15, 0.2) is 0 Å². The van der Waals surface area contributed by atoms with Gasteiger partial charge in [-0.1, -0.05) is 34.1 Å². The maximum atomic E-state index is 6.31. The Hall–Kier alpha value is -1.36. The van der Waals surface area contributed by atoms with Crippen molar-refractivity contribution >= 4 is 15.9 Å². The number of nitrogens with two attached hydrogens (primary N) is 1. The number of halogens is 1. The third-order valence-electron chi connectivity index (χ3n) is 3.74. The fourth-order valence-corrected chi connectivity index (χ4v) is 3.11. The second-order valence-electron chi connectivity index (χ2n) is 5.31. The molecule has 0 amide bonds. The Bertz CT molecular complexity index is 644. The van der Waals surface area contributed by atoms with Gasteiger partial charge in [0.25, 0.3) is 0 Å². The Balaban J connectivity index is 1.88. The maximum Gasteiger partial charge on any atom is 0.126 e. The molecule has 1 aliphatic rings. The Kier molecular flexibility index (Phi) is 4.29. The van der Waals surface area contributed by atoms with Crippen LogP contribution in [-0.4, -0.2) is 7.11 Å². The van der Waals surface area contributed by atoms with E-state index in [2.05, 4.69) is 34.1 Å². The maximum absolute atomic E-state index is 6.31. The molecule has 110 valence electrons. The standard InChI is InChI=1S/C17H18BrNO2/c1-20-10-11-3-2-4-12(7-11)17-9-15(19)14-8-13(18)5-6-16(14)21-17/h2-8,15,17H,9-10,19H2,1H3/t15-,17?/m0/s1. The van der Waals surface area contributed by atoms with Crippen molar-refractivity contribution in [2.45, 2.75) is 25.2 Å². The summed E-state index contributed by atoms with van der Waals surface area (Å²) in [6, 6.07) is 14.3. The molecule has 0 aromatic heterocycles. The molecule has 3 rings (SSSR count). The SMILES string of the molecule is COCc1cccc(C2C[C@H](N)c3cc(Br)ccc3O2)c1. The molecule has 2 aromatic carbocycles. The van der Waals surface area contributed by atoms with Crippen molar-refractivity contribution in [1.82, 2.24) is 0 Å². The van der Waals surface area contributed by atoms with Crippen molar-refractivity contribution in [3.8, 4) is 5.75 Å². The molecule has 0 aliphatic carbocycles. The van der Waals surface area contributed by atoms with Crippen LogP contribution in [-0.2, 0) is 11.3 Å². The lowest BCUT2D eigenvalue weighted by atomic mass is 9.93. The van der Waals surface area contributed by atoms with Gasteiger partial charge in [0.1, 0.15) is 11.9 Å². The van der Waals surface area contributed by atoms with E-state index in [1.54, 1.807) is 7.11 Å². The van der Waals surface area contributed by atoms with Crippen molar-refractivity contribution in [2.75, 3.05) is 7.11 Å². The Morgan fingerprint density at radius 2 is 2.14 bits per heavy atom. The molecule has 0 spiro atoms. The van der Waals surface area contributed by atoms with Gasteiger partial charge in [-0.25, -0.2) is 0 Å². The molecule has 0 saturated heterocycles. The van der Waals surface area contributed by atoms with Crippen LogP contribution in [0.25, 0.3) is 0 Å². The lowest BCUT2D eigenvalue weighted by molar-refractivity contribution is 0.160. The summed E-state index contributed by atoms with van der Waals surface area (Å²) in [5.74, 6) is 0.874. The quantitative estimate of drug-likeness (QED) is 0.908. The van der Waals surface area contributed by atoms with E-state index in [-0.39, 0.29) is 12.1 Å². The number of ether oxygens (including phenoxy) is 2. The second kappa shape index (κ2) is 6.18. The number of methoxy groups -OCH3 is 1. The molecule has 0 radical (unpaired) electrons. The average Bonchev–Trinajstić information content (AvgIpc) is 2.48. The lowest BCUT2D eigenvalue weighted by Gasteiger charge is -2.31. The minimum atomic E-state index is -0.0117. The van der Waals surface area contributed by atoms with Crippen molar-refractivity contribution in [1.29, 1.82) is 0 Å². The molecule has 2 N–H and O–H groups in total. The van der Waals surface area contributed by atoms with Crippen LogP contribution < -0.4 is 10.5 Å². The third kappa shape index (κ3) is 3.12. The molecular formula is C17H18BrNO2. The number of hydrogen-bond acceptors (Lipinski definition) is 3. The molecule has 21 heavy (non-hydrogen) atoms. The summed E-state index contributed by atoms with van der Waals surface area (Å²) < 4.78 is 12.4. The molecule has 3 nitrogen and oxygen atoms in total. The van der Waals surface area contributed by atoms with Crippen molar-refractivity contribution in [3.63, 3.8) is 0 Å². The van der Waals surface area contributed by atoms with Crippen LogP contribution in [0.4, 0.5) is 0 Å². The zero-order valence-corrected chi connectivity index (χ0v) is 13.5. The van der Waals surface area contributed by atoms with E-state index in [1.807, 2.05) is 24.3 Å². The van der Waals surface area contributed by atoms with Crippen LogP contribution in [0.2, 0.25) is 0 Å². The molecule has 0 bridgehead atoms. The van der Waals surface area contributed by atoms with Gasteiger partial charge < -0.3 is 15.2 Å². The fraction of sp³-hybridized carbons (Fsp3) is 0.294. The molecule has 1 aliphatic heterocycles. The van der Waals surface area contributed by atoms with E-state index in [9.17, 15) is 0 Å². The molecule has 1 heterocycles. The summed E-state index contributed by atoms with van der Waals surface area (Å²) >= 11 is 3.48. The molecule has 1 unspecified atom stereocenters. The molecule has 0 fully saturated rings. The summed E-state index contributed by atoms with van der Waals surface area (Å²) in [5, 5.41) is 0. The Morgan fingerprint density at radius 3 is 2.95 bits per heavy atom. The van der Waals surface area contributed by atoms with Gasteiger partial charge in [-0.05, 0) is 35.4 Å². The highest BCUT2D eigenvalue weighted by Crippen LogP contribution is 2.40. The third-order valence-corrected chi connectivity index (χ3v) is 4.24. The van der Waals surface area contributed by atoms with Gasteiger partial charge in [0.2, 0.25) is 0 Å². The molecule has 0 saturated carbocycles. The smallest absolute Gasteiger partial charge is 0.126 e. The van der Waals surface area contributed by atoms with E-state index in [0.717, 1.165) is 33.3 Å². The zero-order chi connectivity index (χ0) is 14.8. The number of fused-ring (bicyclic) bond motifs is 1. The van der Waals surface area contributed by atoms with Crippen molar-refractivity contribution < 1.29 is 9.47 Å². The lowest BCUT2D eigenvalue weighted by Crippen LogP contribution is -2.24. The molecular weight excluding hydrogens is 330 g/mol. The van der Waals surface area contributed by atoms with E-state index < -0.39 is 0 Å². The topological polar surface area (TPSA) is 44.5 Å². The van der Waals surface area contributed by atoms with Gasteiger partial charge in [-0.2, -0.15) is 0 Å². The first-order chi connectivity index (χ1) is 10.2. The summed E-state index contributed by atoms with van der Waals surface area (Å²) in [7, 11) is 1.70. The zero-order valence-electron chi connectivity index (χ0n) is 11.9. The fourth-order valence-electron chi connectivity index (χ4n) is 2.73. The highest BCUT2D eigenvalue weighted by atomic mass is 79.9. The molecule has 2 atom stereocenters. The summed E-state index contributed by atoms with van der Waals surface area (Å²) in [6.07, 6.45) is 0.769. The average molecular weight is 348 g/mol. The predicted molar refractivity (Wildman–Crippen MR) is 86.2 cm³/mol. The summed E-state index contributed by atoms with van der Waals surface area (Å²) in [4.78, 5) is 0. The highest BCUT2D eigenvalue weighted by Gasteiger charge is 2.27. The first-order valence-electron chi connectivity index (χ1n) is 6.97. The van der Waals surface area contributed by atoms with Crippen LogP contribution in [0.15, 0.2) is 46.9 Å². The van der Waals surface area contributed by atoms with E-state index in [4.69, 9.17) is 15.2 Å². The second-order valence-corrected chi connectivity index (χ2v) is 6.22. The van der Waals surface area contributed by atoms with Gasteiger partial charge >= 0.3 is 0 Å². The predicted octanol–water partition coefficient (Wildman–Crippen LogP) is 4.12. The summed E-state index contributed by atoms with van der Waals surface area (Å²) in [6.45, 7) is 0.607. The normalized spacial score (nSPS) is 20.7. The minimum Gasteiger partial charge on any atom is -0.485 e. The van der Waals surface area contributed by atoms with E-state index in [1.165, 1.54) is 0 Å². The molecule has 2 aromatic rings. The largest absolute Gasteiger partial charge is 0.485 e. The van der Waals surface area contributed by atoms with Crippen molar-refractivity contribution in [2.24, 2.45) is 5.73 Å². The number of benzene rings is 2. The van der Waals surface area contributed by atoms with Gasteiger partial charge in [-0.15, -0.1) is 0 Å². The Labute approximate surface area is 133 Å². The first-order valence-corrected chi connectivity index (χ1v) is 7.76.